The standard InChI is InChI=1S/C17H20N2O2/c20-16(21)9-8-14-6-3-4-12-19(14)17-15-7-2-1-5-13(15)10-11-18-17/h1-2,5,7,10-11,14H,3-4,6,8-9,12H2,(H,20,21). The van der Waals surface area contributed by atoms with E-state index in [1.807, 2.05) is 24.4 Å². The molecule has 1 N–H and O–H groups in total. The number of piperidine rings is 1. The van der Waals surface area contributed by atoms with E-state index in [0.717, 1.165) is 30.6 Å². The Morgan fingerprint density at radius 1 is 1.29 bits per heavy atom. The van der Waals surface area contributed by atoms with Gasteiger partial charge in [-0.3, -0.25) is 4.79 Å². The normalized spacial score (nSPS) is 18.9. The summed E-state index contributed by atoms with van der Waals surface area (Å²) >= 11 is 0. The highest BCUT2D eigenvalue weighted by Gasteiger charge is 2.25. The number of hydrogen-bond donors (Lipinski definition) is 1. The molecule has 0 spiro atoms. The van der Waals surface area contributed by atoms with Crippen molar-refractivity contribution < 1.29 is 9.90 Å². The van der Waals surface area contributed by atoms with E-state index in [-0.39, 0.29) is 12.5 Å². The average Bonchev–Trinajstić information content (AvgIpc) is 2.53. The Kier molecular flexibility index (Phi) is 4.04. The summed E-state index contributed by atoms with van der Waals surface area (Å²) < 4.78 is 0. The van der Waals surface area contributed by atoms with Gasteiger partial charge >= 0.3 is 5.97 Å². The molecule has 21 heavy (non-hydrogen) atoms. The summed E-state index contributed by atoms with van der Waals surface area (Å²) in [5.41, 5.74) is 0. The summed E-state index contributed by atoms with van der Waals surface area (Å²) in [6, 6.07) is 10.6. The van der Waals surface area contributed by atoms with E-state index in [4.69, 9.17) is 5.11 Å². The lowest BCUT2D eigenvalue weighted by Crippen LogP contribution is -2.40. The molecule has 0 radical (unpaired) electrons. The van der Waals surface area contributed by atoms with Gasteiger partial charge < -0.3 is 10.0 Å². The third kappa shape index (κ3) is 2.99. The Morgan fingerprint density at radius 2 is 2.14 bits per heavy atom. The minimum absolute atomic E-state index is 0.228. The molecule has 3 rings (SSSR count). The number of fused-ring (bicyclic) bond motifs is 1. The molecule has 2 aromatic rings. The van der Waals surface area contributed by atoms with Gasteiger partial charge in [0.25, 0.3) is 0 Å². The van der Waals surface area contributed by atoms with Crippen molar-refractivity contribution in [1.29, 1.82) is 0 Å². The number of nitrogens with zero attached hydrogens (tertiary/aromatic N) is 2. The summed E-state index contributed by atoms with van der Waals surface area (Å²) in [6.07, 6.45) is 6.14. The SMILES string of the molecule is O=C(O)CCC1CCCCN1c1nccc2ccccc12. The zero-order valence-electron chi connectivity index (χ0n) is 12.0. The molecular weight excluding hydrogens is 264 g/mol. The minimum atomic E-state index is -0.716. The van der Waals surface area contributed by atoms with E-state index in [9.17, 15) is 4.79 Å². The number of carboxylic acid groups (broad SMARTS) is 1. The van der Waals surface area contributed by atoms with Crippen molar-refractivity contribution in [2.45, 2.75) is 38.1 Å². The lowest BCUT2D eigenvalue weighted by Gasteiger charge is -2.37. The Hall–Kier alpha value is -2.10. The molecule has 1 atom stereocenters. The number of carboxylic acids is 1. The van der Waals surface area contributed by atoms with E-state index in [0.29, 0.717) is 6.42 Å². The molecule has 0 amide bonds. The van der Waals surface area contributed by atoms with Crippen molar-refractivity contribution in [3.63, 3.8) is 0 Å². The maximum Gasteiger partial charge on any atom is 0.303 e. The molecule has 110 valence electrons. The summed E-state index contributed by atoms with van der Waals surface area (Å²) in [4.78, 5) is 17.8. The fraction of sp³-hybridized carbons (Fsp3) is 0.412. The Balaban J connectivity index is 1.92. The first-order valence-corrected chi connectivity index (χ1v) is 7.58. The van der Waals surface area contributed by atoms with Gasteiger partial charge in [0.1, 0.15) is 5.82 Å². The highest BCUT2D eigenvalue weighted by Crippen LogP contribution is 2.31. The lowest BCUT2D eigenvalue weighted by molar-refractivity contribution is -0.137. The third-order valence-corrected chi connectivity index (χ3v) is 4.24. The van der Waals surface area contributed by atoms with Crippen molar-refractivity contribution in [1.82, 2.24) is 4.98 Å². The molecular formula is C17H20N2O2. The fourth-order valence-electron chi connectivity index (χ4n) is 3.20. The van der Waals surface area contributed by atoms with Crippen LogP contribution in [0, 0.1) is 0 Å². The fourth-order valence-corrected chi connectivity index (χ4v) is 3.20. The topological polar surface area (TPSA) is 53.4 Å². The number of rotatable bonds is 4. The van der Waals surface area contributed by atoms with Gasteiger partial charge in [-0.15, -0.1) is 0 Å². The van der Waals surface area contributed by atoms with Crippen LogP contribution in [0.1, 0.15) is 32.1 Å². The number of anilines is 1. The average molecular weight is 284 g/mol. The summed E-state index contributed by atoms with van der Waals surface area (Å²) in [5.74, 6) is 0.287. The molecule has 1 aromatic heterocycles. The predicted molar refractivity (Wildman–Crippen MR) is 83.6 cm³/mol. The van der Waals surface area contributed by atoms with E-state index >= 15 is 0 Å². The van der Waals surface area contributed by atoms with Crippen LogP contribution in [0.2, 0.25) is 0 Å². The highest BCUT2D eigenvalue weighted by molar-refractivity contribution is 5.92. The molecule has 1 aliphatic heterocycles. The molecule has 4 heteroatoms. The van der Waals surface area contributed by atoms with Gasteiger partial charge in [0.15, 0.2) is 0 Å². The molecule has 0 aliphatic carbocycles. The van der Waals surface area contributed by atoms with E-state index in [1.54, 1.807) is 0 Å². The van der Waals surface area contributed by atoms with Crippen molar-refractivity contribution in [2.24, 2.45) is 0 Å². The van der Waals surface area contributed by atoms with Gasteiger partial charge in [0.05, 0.1) is 0 Å². The van der Waals surface area contributed by atoms with Gasteiger partial charge in [-0.2, -0.15) is 0 Å². The van der Waals surface area contributed by atoms with Gasteiger partial charge in [0, 0.05) is 30.6 Å². The molecule has 0 bridgehead atoms. The summed E-state index contributed by atoms with van der Waals surface area (Å²) in [7, 11) is 0. The van der Waals surface area contributed by atoms with Crippen molar-refractivity contribution >= 4 is 22.6 Å². The number of hydrogen-bond acceptors (Lipinski definition) is 3. The minimum Gasteiger partial charge on any atom is -0.481 e. The van der Waals surface area contributed by atoms with Gasteiger partial charge in [0.2, 0.25) is 0 Å². The first-order valence-electron chi connectivity index (χ1n) is 7.58. The molecule has 0 saturated carbocycles. The molecule has 2 heterocycles. The van der Waals surface area contributed by atoms with Crippen molar-refractivity contribution in [2.75, 3.05) is 11.4 Å². The number of pyridine rings is 1. The first-order chi connectivity index (χ1) is 10.3. The summed E-state index contributed by atoms with van der Waals surface area (Å²) in [6.45, 7) is 0.964. The molecule has 1 unspecified atom stereocenters. The number of aliphatic carboxylic acids is 1. The second kappa shape index (κ2) is 6.12. The second-order valence-electron chi connectivity index (χ2n) is 5.63. The number of carbonyl (C=O) groups is 1. The van der Waals surface area contributed by atoms with Gasteiger partial charge in [-0.1, -0.05) is 24.3 Å². The van der Waals surface area contributed by atoms with Crippen LogP contribution in [-0.2, 0) is 4.79 Å². The third-order valence-electron chi connectivity index (χ3n) is 4.24. The first kappa shape index (κ1) is 13.9. The Bertz CT molecular complexity index is 636. The predicted octanol–water partition coefficient (Wildman–Crippen LogP) is 3.46. The zero-order chi connectivity index (χ0) is 14.7. The van der Waals surface area contributed by atoms with Crippen LogP contribution in [0.4, 0.5) is 5.82 Å². The van der Waals surface area contributed by atoms with E-state index in [1.165, 1.54) is 11.8 Å². The zero-order valence-corrected chi connectivity index (χ0v) is 12.0. The molecule has 1 fully saturated rings. The van der Waals surface area contributed by atoms with Crippen LogP contribution in [0.15, 0.2) is 36.5 Å². The van der Waals surface area contributed by atoms with Crippen LogP contribution in [0.5, 0.6) is 0 Å². The molecule has 1 aliphatic rings. The monoisotopic (exact) mass is 284 g/mol. The summed E-state index contributed by atoms with van der Waals surface area (Å²) in [5, 5.41) is 11.3. The quantitative estimate of drug-likeness (QED) is 0.934. The van der Waals surface area contributed by atoms with Gasteiger partial charge in [-0.05, 0) is 37.1 Å². The van der Waals surface area contributed by atoms with Crippen LogP contribution >= 0.6 is 0 Å². The Morgan fingerprint density at radius 3 is 3.00 bits per heavy atom. The van der Waals surface area contributed by atoms with Crippen molar-refractivity contribution in [3.05, 3.63) is 36.5 Å². The molecule has 1 saturated heterocycles. The molecule has 4 nitrogen and oxygen atoms in total. The lowest BCUT2D eigenvalue weighted by atomic mass is 9.97. The maximum atomic E-state index is 10.9. The van der Waals surface area contributed by atoms with E-state index < -0.39 is 5.97 Å². The van der Waals surface area contributed by atoms with Crippen LogP contribution in [0.3, 0.4) is 0 Å². The molecule has 1 aromatic carbocycles. The van der Waals surface area contributed by atoms with Crippen LogP contribution < -0.4 is 4.90 Å². The van der Waals surface area contributed by atoms with Crippen LogP contribution in [-0.4, -0.2) is 28.6 Å². The number of aromatic nitrogens is 1. The second-order valence-corrected chi connectivity index (χ2v) is 5.63. The smallest absolute Gasteiger partial charge is 0.303 e. The van der Waals surface area contributed by atoms with E-state index in [2.05, 4.69) is 22.0 Å². The van der Waals surface area contributed by atoms with Crippen LogP contribution in [0.25, 0.3) is 10.8 Å². The largest absolute Gasteiger partial charge is 0.481 e. The number of benzene rings is 1. The Labute approximate surface area is 124 Å². The highest BCUT2D eigenvalue weighted by atomic mass is 16.4. The van der Waals surface area contributed by atoms with Gasteiger partial charge in [-0.25, -0.2) is 4.98 Å². The van der Waals surface area contributed by atoms with Crippen molar-refractivity contribution in [3.8, 4) is 0 Å². The maximum absolute atomic E-state index is 10.9.